The number of nitrogens with one attached hydrogen (secondary N) is 2. The number of carbonyl (C=O) groups excluding carboxylic acids is 2. The molecular weight excluding hydrogens is 482 g/mol. The van der Waals surface area contributed by atoms with Gasteiger partial charge in [0, 0.05) is 28.7 Å². The number of carbonyl (C=O) groups is 2. The van der Waals surface area contributed by atoms with E-state index in [0.29, 0.717) is 18.8 Å². The first-order valence-electron chi connectivity index (χ1n) is 9.43. The van der Waals surface area contributed by atoms with Crippen LogP contribution < -0.4 is 10.6 Å². The summed E-state index contributed by atoms with van der Waals surface area (Å²) in [5.41, 5.74) is 1.07. The second-order valence-electron chi connectivity index (χ2n) is 7.14. The summed E-state index contributed by atoms with van der Waals surface area (Å²) in [5, 5.41) is 15.2. The highest BCUT2D eigenvalue weighted by Crippen LogP contribution is 2.15. The molecule has 1 heterocycles. The number of benzene rings is 1. The molecule has 0 unspecified atom stereocenters. The normalized spacial score (nSPS) is 14.0. The van der Waals surface area contributed by atoms with Crippen molar-refractivity contribution in [3.05, 3.63) is 60.2 Å². The highest BCUT2D eigenvalue weighted by molar-refractivity contribution is 14.1. The largest absolute Gasteiger partial charge is 0.453 e. The van der Waals surface area contributed by atoms with Crippen molar-refractivity contribution in [3.8, 4) is 0 Å². The van der Waals surface area contributed by atoms with Crippen molar-refractivity contribution >= 4 is 41.9 Å². The lowest BCUT2D eigenvalue weighted by Crippen LogP contribution is -2.53. The minimum Gasteiger partial charge on any atom is -0.453 e. The molecule has 1 aromatic carbocycles. The first-order valence-corrected chi connectivity index (χ1v) is 10.7. The molecule has 0 aliphatic carbocycles. The second-order valence-corrected chi connectivity index (χ2v) is 8.58. The Morgan fingerprint density at radius 3 is 2.48 bits per heavy atom. The molecule has 1 radical (unpaired) electrons. The standard InChI is InChI=1S/C20H25BIN4O3/c1-13(2)10-15(18(22)21-29)25-19(27)16(11-14-6-4-3-5-7-14)26-20(28)17-12-23-8-9-24-17/h3-9,12-13,15-16,18,29H,10-11H2,1-2H3,(H,25,27)(H,26,28)/t15-,16-,18+/m0/s1. The van der Waals surface area contributed by atoms with E-state index in [1.165, 1.54) is 18.6 Å². The Bertz CT molecular complexity index is 780. The van der Waals surface area contributed by atoms with Gasteiger partial charge in [0.2, 0.25) is 5.91 Å². The number of halogens is 1. The summed E-state index contributed by atoms with van der Waals surface area (Å²) in [5.74, 6) is -0.436. The van der Waals surface area contributed by atoms with Crippen LogP contribution in [-0.4, -0.2) is 50.2 Å². The van der Waals surface area contributed by atoms with Crippen LogP contribution >= 0.6 is 22.6 Å². The zero-order chi connectivity index (χ0) is 21.2. The van der Waals surface area contributed by atoms with Gasteiger partial charge in [-0.25, -0.2) is 4.98 Å². The topological polar surface area (TPSA) is 104 Å². The van der Waals surface area contributed by atoms with E-state index < -0.39 is 11.9 Å². The fourth-order valence-electron chi connectivity index (χ4n) is 2.87. The monoisotopic (exact) mass is 507 g/mol. The molecule has 2 rings (SSSR count). The average Bonchev–Trinajstić information content (AvgIpc) is 2.73. The van der Waals surface area contributed by atoms with Gasteiger partial charge in [-0.2, -0.15) is 0 Å². The van der Waals surface area contributed by atoms with Crippen LogP contribution in [0.5, 0.6) is 0 Å². The predicted molar refractivity (Wildman–Crippen MR) is 121 cm³/mol. The third-order valence-corrected chi connectivity index (χ3v) is 5.47. The maximum atomic E-state index is 13.1. The van der Waals surface area contributed by atoms with Gasteiger partial charge < -0.3 is 15.7 Å². The number of rotatable bonds is 10. The van der Waals surface area contributed by atoms with Crippen LogP contribution in [0.1, 0.15) is 36.3 Å². The minimum atomic E-state index is -0.788. The van der Waals surface area contributed by atoms with Crippen molar-refractivity contribution in [1.29, 1.82) is 0 Å². The summed E-state index contributed by atoms with van der Waals surface area (Å²) in [7, 11) is 1.08. The van der Waals surface area contributed by atoms with Gasteiger partial charge in [0.05, 0.1) is 6.20 Å². The molecule has 29 heavy (non-hydrogen) atoms. The fraction of sp³-hybridized carbons (Fsp3) is 0.400. The maximum absolute atomic E-state index is 13.1. The molecule has 1 aromatic heterocycles. The summed E-state index contributed by atoms with van der Waals surface area (Å²) in [4.78, 5) is 33.5. The van der Waals surface area contributed by atoms with Gasteiger partial charge in [0.15, 0.2) is 0 Å². The summed E-state index contributed by atoms with van der Waals surface area (Å²) in [6.45, 7) is 4.11. The van der Waals surface area contributed by atoms with E-state index in [4.69, 9.17) is 0 Å². The molecule has 2 amide bonds. The van der Waals surface area contributed by atoms with Crippen LogP contribution in [-0.2, 0) is 11.2 Å². The molecule has 9 heteroatoms. The van der Waals surface area contributed by atoms with Crippen molar-refractivity contribution in [3.63, 3.8) is 0 Å². The van der Waals surface area contributed by atoms with Crippen LogP contribution in [0.25, 0.3) is 0 Å². The Balaban J connectivity index is 2.18. The van der Waals surface area contributed by atoms with Crippen LogP contribution in [0, 0.1) is 5.92 Å². The summed E-state index contributed by atoms with van der Waals surface area (Å²) < 4.78 is -0.244. The van der Waals surface area contributed by atoms with E-state index in [9.17, 15) is 14.6 Å². The van der Waals surface area contributed by atoms with Gasteiger partial charge in [-0.3, -0.25) is 14.6 Å². The maximum Gasteiger partial charge on any atom is 0.303 e. The average molecular weight is 507 g/mol. The van der Waals surface area contributed by atoms with Crippen LogP contribution in [0.2, 0.25) is 0 Å². The lowest BCUT2D eigenvalue weighted by molar-refractivity contribution is -0.123. The Kier molecular flexibility index (Phi) is 9.52. The third-order valence-electron chi connectivity index (χ3n) is 4.28. The highest BCUT2D eigenvalue weighted by Gasteiger charge is 2.28. The molecule has 0 aliphatic heterocycles. The van der Waals surface area contributed by atoms with E-state index in [-0.39, 0.29) is 21.5 Å². The lowest BCUT2D eigenvalue weighted by Gasteiger charge is -2.27. The number of nitrogens with zero attached hydrogens (tertiary/aromatic N) is 2. The van der Waals surface area contributed by atoms with Gasteiger partial charge in [-0.05, 0) is 17.9 Å². The molecule has 0 spiro atoms. The number of aromatic nitrogens is 2. The molecule has 0 fully saturated rings. The molecule has 2 aromatic rings. The molecule has 0 bridgehead atoms. The summed E-state index contributed by atoms with van der Waals surface area (Å²) in [6, 6.07) is 8.44. The Morgan fingerprint density at radius 2 is 1.90 bits per heavy atom. The van der Waals surface area contributed by atoms with E-state index >= 15 is 0 Å². The van der Waals surface area contributed by atoms with E-state index in [2.05, 4.69) is 57.0 Å². The number of alkyl halides is 1. The van der Waals surface area contributed by atoms with Crippen molar-refractivity contribution in [2.45, 2.75) is 42.6 Å². The molecular formula is C20H25BIN4O3. The van der Waals surface area contributed by atoms with E-state index in [0.717, 1.165) is 13.0 Å². The zero-order valence-corrected chi connectivity index (χ0v) is 18.6. The summed E-state index contributed by atoms with van der Waals surface area (Å²) in [6.07, 6.45) is 5.30. The van der Waals surface area contributed by atoms with Crippen molar-refractivity contribution in [2.24, 2.45) is 5.92 Å². The van der Waals surface area contributed by atoms with Gasteiger partial charge in [-0.1, -0.05) is 66.8 Å². The van der Waals surface area contributed by atoms with E-state index in [1.807, 2.05) is 30.3 Å². The number of amides is 2. The van der Waals surface area contributed by atoms with Crippen LogP contribution in [0.4, 0.5) is 0 Å². The number of hydrogen-bond acceptors (Lipinski definition) is 5. The van der Waals surface area contributed by atoms with Crippen molar-refractivity contribution in [1.82, 2.24) is 20.6 Å². The quantitative estimate of drug-likeness (QED) is 0.258. The lowest BCUT2D eigenvalue weighted by atomic mass is 9.85. The smallest absolute Gasteiger partial charge is 0.303 e. The van der Waals surface area contributed by atoms with Crippen molar-refractivity contribution < 1.29 is 14.6 Å². The second kappa shape index (κ2) is 11.9. The molecule has 3 N–H and O–H groups in total. The first-order chi connectivity index (χ1) is 13.9. The van der Waals surface area contributed by atoms with E-state index in [1.54, 1.807) is 0 Å². The van der Waals surface area contributed by atoms with Crippen LogP contribution in [0.15, 0.2) is 48.9 Å². The first kappa shape index (κ1) is 23.3. The molecule has 0 aliphatic rings. The Morgan fingerprint density at radius 1 is 1.17 bits per heavy atom. The summed E-state index contributed by atoms with van der Waals surface area (Å²) >= 11 is 2.09. The molecule has 7 nitrogen and oxygen atoms in total. The predicted octanol–water partition coefficient (Wildman–Crippen LogP) is 1.72. The Labute approximate surface area is 185 Å². The zero-order valence-electron chi connectivity index (χ0n) is 16.5. The fourth-order valence-corrected chi connectivity index (χ4v) is 3.34. The molecule has 0 saturated heterocycles. The van der Waals surface area contributed by atoms with Crippen molar-refractivity contribution in [2.75, 3.05) is 0 Å². The minimum absolute atomic E-state index is 0.146. The highest BCUT2D eigenvalue weighted by atomic mass is 127. The number of hydrogen-bond donors (Lipinski definition) is 3. The Hall–Kier alpha value is -2.01. The molecule has 0 saturated carbocycles. The van der Waals surface area contributed by atoms with Gasteiger partial charge in [0.25, 0.3) is 5.91 Å². The molecule has 3 atom stereocenters. The third kappa shape index (κ3) is 7.73. The van der Waals surface area contributed by atoms with Gasteiger partial charge in [0.1, 0.15) is 11.7 Å². The van der Waals surface area contributed by atoms with Gasteiger partial charge in [-0.15, -0.1) is 0 Å². The van der Waals surface area contributed by atoms with Crippen LogP contribution in [0.3, 0.4) is 0 Å². The SMILES string of the molecule is CC(C)C[C@H](NC(=O)[C@H](Cc1ccccc1)NC(=O)c1cnccn1)[C@@H](I)[B]O. The van der Waals surface area contributed by atoms with Gasteiger partial charge >= 0.3 is 7.48 Å². The molecule has 153 valence electrons.